The second-order valence-corrected chi connectivity index (χ2v) is 11.7. The molecule has 0 unspecified atom stereocenters. The first-order chi connectivity index (χ1) is 17.1. The molecule has 1 aromatic heterocycles. The Hall–Kier alpha value is -2.10. The maximum Gasteiger partial charge on any atom is 0.324 e. The fraction of sp³-hybridized carbons (Fsp3) is 0.577. The first-order valence-corrected chi connectivity index (χ1v) is 14.4. The molecule has 35 heavy (non-hydrogen) atoms. The van der Waals surface area contributed by atoms with Crippen molar-refractivity contribution >= 4 is 40.2 Å². The van der Waals surface area contributed by atoms with E-state index in [0.29, 0.717) is 11.7 Å². The molecule has 0 spiro atoms. The predicted octanol–water partition coefficient (Wildman–Crippen LogP) is 6.40. The molecule has 1 aromatic carbocycles. The van der Waals surface area contributed by atoms with Gasteiger partial charge in [-0.15, -0.1) is 11.8 Å². The number of hydrogen-bond acceptors (Lipinski definition) is 6. The highest BCUT2D eigenvalue weighted by Gasteiger charge is 2.34. The van der Waals surface area contributed by atoms with Crippen molar-refractivity contribution < 1.29 is 19.4 Å². The zero-order chi connectivity index (χ0) is 24.5. The molecule has 0 atom stereocenters. The predicted molar refractivity (Wildman–Crippen MR) is 140 cm³/mol. The lowest BCUT2D eigenvalue weighted by Gasteiger charge is -2.41. The minimum absolute atomic E-state index is 0.0145. The van der Waals surface area contributed by atoms with Crippen molar-refractivity contribution in [2.45, 2.75) is 93.2 Å². The van der Waals surface area contributed by atoms with Crippen LogP contribution in [0.3, 0.4) is 0 Å². The van der Waals surface area contributed by atoms with E-state index >= 15 is 0 Å². The van der Waals surface area contributed by atoms with Crippen LogP contribution in [0.4, 0.5) is 9.93 Å². The fourth-order valence-corrected chi connectivity index (χ4v) is 6.70. The highest BCUT2D eigenvalue weighted by molar-refractivity contribution is 8.01. The van der Waals surface area contributed by atoms with Gasteiger partial charge < -0.3 is 14.7 Å². The number of rotatable bonds is 9. The van der Waals surface area contributed by atoms with Crippen LogP contribution < -0.4 is 5.32 Å². The summed E-state index contributed by atoms with van der Waals surface area (Å²) in [7, 11) is 0. The van der Waals surface area contributed by atoms with Crippen LogP contribution in [0, 0.1) is 0 Å². The maximum absolute atomic E-state index is 13.5. The van der Waals surface area contributed by atoms with E-state index in [-0.39, 0.29) is 30.0 Å². The molecule has 4 rings (SSSR count). The SMILES string of the molecule is O=C(O)CSc1cnc(NC(=O)N(C2CCCCCC2)[C@H]2CC[C@H](OCc3ccccc3)CC2)s1. The van der Waals surface area contributed by atoms with E-state index in [1.807, 2.05) is 18.2 Å². The van der Waals surface area contributed by atoms with Gasteiger partial charge in [-0.25, -0.2) is 9.78 Å². The number of urea groups is 1. The molecular weight excluding hydrogens is 482 g/mol. The number of carbonyl (C=O) groups is 2. The van der Waals surface area contributed by atoms with Crippen LogP contribution in [0.5, 0.6) is 0 Å². The molecule has 1 heterocycles. The molecule has 2 amide bonds. The fourth-order valence-electron chi connectivity index (χ4n) is 5.12. The largest absolute Gasteiger partial charge is 0.481 e. The highest BCUT2D eigenvalue weighted by Crippen LogP contribution is 2.33. The zero-order valence-corrected chi connectivity index (χ0v) is 21.7. The Balaban J connectivity index is 1.36. The van der Waals surface area contributed by atoms with E-state index < -0.39 is 5.97 Å². The lowest BCUT2D eigenvalue weighted by atomic mass is 9.90. The molecule has 190 valence electrons. The average molecular weight is 518 g/mol. The van der Waals surface area contributed by atoms with Crippen LogP contribution in [-0.4, -0.2) is 50.9 Å². The summed E-state index contributed by atoms with van der Waals surface area (Å²) in [6.07, 6.45) is 12.6. The number of ether oxygens (including phenoxy) is 1. The maximum atomic E-state index is 13.5. The summed E-state index contributed by atoms with van der Waals surface area (Å²) in [5.41, 5.74) is 1.19. The van der Waals surface area contributed by atoms with E-state index in [1.54, 1.807) is 6.20 Å². The number of amides is 2. The number of anilines is 1. The van der Waals surface area contributed by atoms with Gasteiger partial charge in [-0.2, -0.15) is 0 Å². The second-order valence-electron chi connectivity index (χ2n) is 9.38. The second kappa shape index (κ2) is 13.3. The number of nitrogens with zero attached hydrogens (tertiary/aromatic N) is 2. The molecule has 0 saturated heterocycles. The first kappa shape index (κ1) is 26.0. The van der Waals surface area contributed by atoms with Crippen LogP contribution in [0.2, 0.25) is 0 Å². The summed E-state index contributed by atoms with van der Waals surface area (Å²) in [6.45, 7) is 0.634. The molecule has 0 bridgehead atoms. The Morgan fingerprint density at radius 1 is 1.03 bits per heavy atom. The van der Waals surface area contributed by atoms with Crippen LogP contribution in [0.1, 0.15) is 69.8 Å². The number of carbonyl (C=O) groups excluding carboxylic acids is 1. The lowest BCUT2D eigenvalue weighted by Crippen LogP contribution is -2.50. The van der Waals surface area contributed by atoms with Gasteiger partial charge in [0, 0.05) is 12.1 Å². The van der Waals surface area contributed by atoms with Gasteiger partial charge in [0.15, 0.2) is 5.13 Å². The number of nitrogens with one attached hydrogen (secondary N) is 1. The molecule has 2 aromatic rings. The number of aliphatic carboxylic acids is 1. The van der Waals surface area contributed by atoms with Gasteiger partial charge in [-0.05, 0) is 44.1 Å². The minimum Gasteiger partial charge on any atom is -0.481 e. The van der Waals surface area contributed by atoms with Crippen LogP contribution in [-0.2, 0) is 16.1 Å². The third-order valence-electron chi connectivity index (χ3n) is 6.85. The quantitative estimate of drug-likeness (QED) is 0.295. The summed E-state index contributed by atoms with van der Waals surface area (Å²) < 4.78 is 6.98. The summed E-state index contributed by atoms with van der Waals surface area (Å²) in [4.78, 5) is 30.8. The van der Waals surface area contributed by atoms with Crippen LogP contribution in [0.25, 0.3) is 0 Å². The van der Waals surface area contributed by atoms with Gasteiger partial charge in [0.05, 0.1) is 28.9 Å². The molecule has 2 saturated carbocycles. The number of thioether (sulfide) groups is 1. The first-order valence-electron chi connectivity index (χ1n) is 12.6. The van der Waals surface area contributed by atoms with Gasteiger partial charge in [0.1, 0.15) is 0 Å². The number of hydrogen-bond donors (Lipinski definition) is 2. The van der Waals surface area contributed by atoms with E-state index in [4.69, 9.17) is 9.84 Å². The minimum atomic E-state index is -0.864. The van der Waals surface area contributed by atoms with Gasteiger partial charge in [0.25, 0.3) is 0 Å². The molecule has 2 fully saturated rings. The van der Waals surface area contributed by atoms with Gasteiger partial charge in [0.2, 0.25) is 0 Å². The van der Waals surface area contributed by atoms with E-state index in [2.05, 4.69) is 27.3 Å². The van der Waals surface area contributed by atoms with Crippen molar-refractivity contribution in [3.63, 3.8) is 0 Å². The Morgan fingerprint density at radius 3 is 2.40 bits per heavy atom. The number of thiazole rings is 1. The summed E-state index contributed by atoms with van der Waals surface area (Å²) in [5.74, 6) is -0.879. The summed E-state index contributed by atoms with van der Waals surface area (Å²) in [5, 5.41) is 12.5. The molecule has 9 heteroatoms. The molecule has 7 nitrogen and oxygen atoms in total. The number of carboxylic acids is 1. The monoisotopic (exact) mass is 517 g/mol. The van der Waals surface area contributed by atoms with E-state index in [1.165, 1.54) is 41.5 Å². The van der Waals surface area contributed by atoms with Crippen molar-refractivity contribution in [3.05, 3.63) is 42.1 Å². The number of benzene rings is 1. The summed E-state index contributed by atoms with van der Waals surface area (Å²) >= 11 is 2.56. The summed E-state index contributed by atoms with van der Waals surface area (Å²) in [6, 6.07) is 10.7. The van der Waals surface area contributed by atoms with Gasteiger partial charge >= 0.3 is 12.0 Å². The molecule has 2 aliphatic rings. The molecule has 0 radical (unpaired) electrons. The van der Waals surface area contributed by atoms with Crippen molar-refractivity contribution in [2.24, 2.45) is 0 Å². The molecular formula is C26H35N3O4S2. The Bertz CT molecular complexity index is 939. The highest BCUT2D eigenvalue weighted by atomic mass is 32.2. The molecule has 2 N–H and O–H groups in total. The Kier molecular flexibility index (Phi) is 9.85. The third kappa shape index (κ3) is 7.95. The number of aromatic nitrogens is 1. The molecule has 2 aliphatic carbocycles. The normalized spacial score (nSPS) is 21.3. The van der Waals surface area contributed by atoms with Crippen molar-refractivity contribution in [1.82, 2.24) is 9.88 Å². The van der Waals surface area contributed by atoms with Crippen LogP contribution in [0.15, 0.2) is 40.7 Å². The topological polar surface area (TPSA) is 91.8 Å². The van der Waals surface area contributed by atoms with E-state index in [9.17, 15) is 9.59 Å². The Morgan fingerprint density at radius 2 is 1.71 bits per heavy atom. The average Bonchev–Trinajstić information content (AvgIpc) is 3.14. The van der Waals surface area contributed by atoms with Crippen molar-refractivity contribution in [1.29, 1.82) is 0 Å². The van der Waals surface area contributed by atoms with Crippen molar-refractivity contribution in [2.75, 3.05) is 11.1 Å². The van der Waals surface area contributed by atoms with E-state index in [0.717, 1.165) is 55.6 Å². The van der Waals surface area contributed by atoms with Crippen molar-refractivity contribution in [3.8, 4) is 0 Å². The smallest absolute Gasteiger partial charge is 0.324 e. The zero-order valence-electron chi connectivity index (χ0n) is 20.1. The standard InChI is InChI=1S/C26H35N3O4S2/c30-23(31)18-34-24-16-27-25(35-24)28-26(32)29(20-10-6-1-2-7-11-20)21-12-14-22(15-13-21)33-17-19-8-4-3-5-9-19/h3-5,8-9,16,20-22H,1-2,6-7,10-15,17-18H2,(H,30,31)(H,27,28,32)/t21-,22-. The van der Waals surface area contributed by atoms with Gasteiger partial charge in [-0.3, -0.25) is 10.1 Å². The lowest BCUT2D eigenvalue weighted by molar-refractivity contribution is -0.133. The number of carboxylic acid groups (broad SMARTS) is 1. The Labute approximate surface area is 215 Å². The van der Waals surface area contributed by atoms with Gasteiger partial charge in [-0.1, -0.05) is 67.4 Å². The van der Waals surface area contributed by atoms with Crippen LogP contribution >= 0.6 is 23.1 Å². The molecule has 0 aliphatic heterocycles. The third-order valence-corrected chi connectivity index (χ3v) is 8.95.